The Bertz CT molecular complexity index is 938. The molecule has 3 aromatic rings. The fraction of sp³-hybridized carbons (Fsp3) is 0.350. The molecule has 1 aliphatic rings. The number of nitrogens with one attached hydrogen (secondary N) is 2. The van der Waals surface area contributed by atoms with E-state index in [4.69, 9.17) is 4.74 Å². The van der Waals surface area contributed by atoms with Crippen LogP contribution in [-0.2, 0) is 17.7 Å². The topological polar surface area (TPSA) is 81.1 Å². The molecule has 2 aromatic heterocycles. The van der Waals surface area contributed by atoms with Crippen molar-refractivity contribution in [3.05, 3.63) is 53.9 Å². The van der Waals surface area contributed by atoms with Gasteiger partial charge in [0.15, 0.2) is 0 Å². The molecule has 140 valence electrons. The number of urea groups is 1. The van der Waals surface area contributed by atoms with Crippen LogP contribution in [0.25, 0.3) is 10.9 Å². The number of hydrogen-bond donors (Lipinski definition) is 2. The lowest BCUT2D eigenvalue weighted by molar-refractivity contribution is 0.111. The second-order valence-electron chi connectivity index (χ2n) is 6.59. The molecule has 27 heavy (non-hydrogen) atoms. The SMILES string of the molecule is CCn1ncc2cc3nc(c21)CCCOCC(c1ccccc1)NC(=O)N3. The lowest BCUT2D eigenvalue weighted by Gasteiger charge is -2.21. The number of benzene rings is 1. The van der Waals surface area contributed by atoms with Crippen molar-refractivity contribution in [3.8, 4) is 0 Å². The summed E-state index contributed by atoms with van der Waals surface area (Å²) in [4.78, 5) is 17.2. The lowest BCUT2D eigenvalue weighted by atomic mass is 10.1. The van der Waals surface area contributed by atoms with Gasteiger partial charge >= 0.3 is 6.03 Å². The van der Waals surface area contributed by atoms with Crippen LogP contribution >= 0.6 is 0 Å². The molecule has 1 atom stereocenters. The zero-order valence-electron chi connectivity index (χ0n) is 15.3. The summed E-state index contributed by atoms with van der Waals surface area (Å²) in [6.45, 7) is 3.88. The van der Waals surface area contributed by atoms with Crippen molar-refractivity contribution in [1.29, 1.82) is 0 Å². The molecule has 7 heteroatoms. The number of carbonyl (C=O) groups is 1. The van der Waals surface area contributed by atoms with E-state index in [-0.39, 0.29) is 12.1 Å². The summed E-state index contributed by atoms with van der Waals surface area (Å²) in [7, 11) is 0. The van der Waals surface area contributed by atoms with Gasteiger partial charge in [0.05, 0.1) is 30.1 Å². The predicted molar refractivity (Wildman–Crippen MR) is 104 cm³/mol. The van der Waals surface area contributed by atoms with Gasteiger partial charge in [0, 0.05) is 18.5 Å². The lowest BCUT2D eigenvalue weighted by Crippen LogP contribution is -2.35. The van der Waals surface area contributed by atoms with E-state index in [0.717, 1.165) is 41.5 Å². The molecule has 2 bridgehead atoms. The Morgan fingerprint density at radius 2 is 2.15 bits per heavy atom. The molecule has 0 spiro atoms. The van der Waals surface area contributed by atoms with E-state index in [1.165, 1.54) is 0 Å². The number of nitrogens with zero attached hydrogens (tertiary/aromatic N) is 3. The van der Waals surface area contributed by atoms with Gasteiger partial charge in [-0.2, -0.15) is 5.10 Å². The number of fused-ring (bicyclic) bond motifs is 4. The highest BCUT2D eigenvalue weighted by Crippen LogP contribution is 2.23. The number of ether oxygens (including phenoxy) is 1. The quantitative estimate of drug-likeness (QED) is 0.730. The number of aromatic nitrogens is 3. The van der Waals surface area contributed by atoms with Crippen molar-refractivity contribution in [3.63, 3.8) is 0 Å². The van der Waals surface area contributed by atoms with Gasteiger partial charge < -0.3 is 10.1 Å². The van der Waals surface area contributed by atoms with Crippen LogP contribution in [0.3, 0.4) is 0 Å². The molecule has 0 radical (unpaired) electrons. The molecule has 4 rings (SSSR count). The number of aryl methyl sites for hydroxylation is 2. The van der Waals surface area contributed by atoms with E-state index in [1.807, 2.05) is 47.3 Å². The number of amides is 2. The van der Waals surface area contributed by atoms with Crippen molar-refractivity contribution in [2.75, 3.05) is 18.5 Å². The van der Waals surface area contributed by atoms with Crippen LogP contribution in [0.1, 0.15) is 30.6 Å². The highest BCUT2D eigenvalue weighted by Gasteiger charge is 2.18. The third-order valence-electron chi connectivity index (χ3n) is 4.72. The molecular weight excluding hydrogens is 342 g/mol. The van der Waals surface area contributed by atoms with E-state index in [9.17, 15) is 4.79 Å². The third-order valence-corrected chi connectivity index (χ3v) is 4.72. The maximum absolute atomic E-state index is 12.5. The van der Waals surface area contributed by atoms with E-state index in [2.05, 4.69) is 27.6 Å². The first-order valence-corrected chi connectivity index (χ1v) is 9.30. The van der Waals surface area contributed by atoms with Crippen LogP contribution in [0.2, 0.25) is 0 Å². The molecule has 0 saturated carbocycles. The highest BCUT2D eigenvalue weighted by atomic mass is 16.5. The van der Waals surface area contributed by atoms with Crippen molar-refractivity contribution < 1.29 is 9.53 Å². The van der Waals surface area contributed by atoms with Gasteiger partial charge in [0.25, 0.3) is 0 Å². The summed E-state index contributed by atoms with van der Waals surface area (Å²) >= 11 is 0. The summed E-state index contributed by atoms with van der Waals surface area (Å²) in [6, 6.07) is 11.2. The fourth-order valence-corrected chi connectivity index (χ4v) is 3.44. The number of anilines is 1. The number of hydrogen-bond acceptors (Lipinski definition) is 4. The van der Waals surface area contributed by atoms with Crippen LogP contribution in [0.5, 0.6) is 0 Å². The second kappa shape index (κ2) is 7.75. The van der Waals surface area contributed by atoms with Crippen molar-refractivity contribution in [1.82, 2.24) is 20.1 Å². The zero-order valence-corrected chi connectivity index (χ0v) is 15.3. The van der Waals surface area contributed by atoms with Gasteiger partial charge in [-0.15, -0.1) is 0 Å². The van der Waals surface area contributed by atoms with Gasteiger partial charge in [-0.1, -0.05) is 30.3 Å². The molecule has 1 aliphatic heterocycles. The Hall–Kier alpha value is -2.93. The van der Waals surface area contributed by atoms with Crippen LogP contribution < -0.4 is 10.6 Å². The molecule has 2 amide bonds. The Morgan fingerprint density at radius 3 is 2.96 bits per heavy atom. The van der Waals surface area contributed by atoms with Crippen LogP contribution in [0.15, 0.2) is 42.6 Å². The smallest absolute Gasteiger partial charge is 0.320 e. The average molecular weight is 365 g/mol. The molecule has 0 saturated heterocycles. The van der Waals surface area contributed by atoms with E-state index < -0.39 is 0 Å². The third kappa shape index (κ3) is 3.78. The van der Waals surface area contributed by atoms with Gasteiger partial charge in [-0.3, -0.25) is 10.00 Å². The minimum absolute atomic E-state index is 0.211. The summed E-state index contributed by atoms with van der Waals surface area (Å²) < 4.78 is 7.80. The first kappa shape index (κ1) is 17.5. The maximum atomic E-state index is 12.5. The molecular formula is C20H23N5O2. The van der Waals surface area contributed by atoms with Gasteiger partial charge in [-0.25, -0.2) is 9.78 Å². The van der Waals surface area contributed by atoms with Crippen LogP contribution in [-0.4, -0.2) is 34.0 Å². The number of rotatable bonds is 2. The molecule has 2 N–H and O–H groups in total. The summed E-state index contributed by atoms with van der Waals surface area (Å²) in [5.41, 5.74) is 2.98. The van der Waals surface area contributed by atoms with Crippen molar-refractivity contribution in [2.24, 2.45) is 0 Å². The number of pyridine rings is 1. The molecule has 0 aliphatic carbocycles. The minimum Gasteiger partial charge on any atom is -0.379 e. The monoisotopic (exact) mass is 365 g/mol. The summed E-state index contributed by atoms with van der Waals surface area (Å²) in [5.74, 6) is 0.541. The Labute approximate surface area is 157 Å². The number of carbonyl (C=O) groups excluding carboxylic acids is 1. The van der Waals surface area contributed by atoms with E-state index in [0.29, 0.717) is 19.0 Å². The summed E-state index contributed by atoms with van der Waals surface area (Å²) in [5, 5.41) is 11.3. The largest absolute Gasteiger partial charge is 0.379 e. The Kier molecular flexibility index (Phi) is 5.02. The Morgan fingerprint density at radius 1 is 1.30 bits per heavy atom. The van der Waals surface area contributed by atoms with Gasteiger partial charge in [-0.05, 0) is 31.4 Å². The van der Waals surface area contributed by atoms with Gasteiger partial charge in [0.2, 0.25) is 0 Å². The normalized spacial score (nSPS) is 18.3. The minimum atomic E-state index is -0.297. The standard InChI is InChI=1S/C20H23N5O2/c1-2-25-19-15(12-21-25)11-18-22-16(19)9-6-10-27-13-17(23-20(26)24-18)14-7-4-3-5-8-14/h3-5,7-8,11-12,17H,2,6,9-10,13H2,1H3,(H2,22,23,24,26). The van der Waals surface area contributed by atoms with E-state index in [1.54, 1.807) is 0 Å². The van der Waals surface area contributed by atoms with Crippen LogP contribution in [0, 0.1) is 0 Å². The fourth-order valence-electron chi connectivity index (χ4n) is 3.44. The van der Waals surface area contributed by atoms with Crippen molar-refractivity contribution in [2.45, 2.75) is 32.4 Å². The highest BCUT2D eigenvalue weighted by molar-refractivity contribution is 5.92. The second-order valence-corrected chi connectivity index (χ2v) is 6.59. The molecule has 0 fully saturated rings. The van der Waals surface area contributed by atoms with Crippen LogP contribution in [0.4, 0.5) is 10.6 Å². The summed E-state index contributed by atoms with van der Waals surface area (Å²) in [6.07, 6.45) is 3.45. The van der Waals surface area contributed by atoms with E-state index >= 15 is 0 Å². The molecule has 7 nitrogen and oxygen atoms in total. The maximum Gasteiger partial charge on any atom is 0.320 e. The molecule has 3 heterocycles. The average Bonchev–Trinajstić information content (AvgIpc) is 3.09. The molecule has 1 aromatic carbocycles. The van der Waals surface area contributed by atoms with Crippen molar-refractivity contribution >= 4 is 22.8 Å². The first-order chi connectivity index (χ1) is 13.2. The zero-order chi connectivity index (χ0) is 18.6. The first-order valence-electron chi connectivity index (χ1n) is 9.30. The Balaban J connectivity index is 1.65. The molecule has 1 unspecified atom stereocenters. The van der Waals surface area contributed by atoms with Gasteiger partial charge in [0.1, 0.15) is 5.82 Å². The predicted octanol–water partition coefficient (Wildman–Crippen LogP) is 3.28.